The van der Waals surface area contributed by atoms with Crippen molar-refractivity contribution in [3.63, 3.8) is 0 Å². The van der Waals surface area contributed by atoms with Crippen molar-refractivity contribution in [2.45, 2.75) is 13.5 Å². The third-order valence-corrected chi connectivity index (χ3v) is 4.78. The van der Waals surface area contributed by atoms with E-state index in [1.165, 1.54) is 17.7 Å². The van der Waals surface area contributed by atoms with Crippen molar-refractivity contribution in [2.24, 2.45) is 0 Å². The highest BCUT2D eigenvalue weighted by Gasteiger charge is 2.07. The molecule has 0 spiro atoms. The Hall–Kier alpha value is -4.06. The van der Waals surface area contributed by atoms with Gasteiger partial charge in [-0.05, 0) is 48.4 Å². The summed E-state index contributed by atoms with van der Waals surface area (Å²) >= 11 is 0. The van der Waals surface area contributed by atoms with E-state index in [4.69, 9.17) is 0 Å². The number of aryl methyl sites for hydroxylation is 1. The largest absolute Gasteiger partial charge is 0.348 e. The number of nitrogens with one attached hydrogen (secondary N) is 2. The Morgan fingerprint density at radius 3 is 2.32 bits per heavy atom. The highest BCUT2D eigenvalue weighted by atomic mass is 19.1. The Balaban J connectivity index is 1.40. The minimum absolute atomic E-state index is 0.219. The molecule has 0 aliphatic heterocycles. The number of anilines is 2. The number of amides is 1. The van der Waals surface area contributed by atoms with Gasteiger partial charge in [0.2, 0.25) is 5.95 Å². The summed E-state index contributed by atoms with van der Waals surface area (Å²) in [4.78, 5) is 21.2. The van der Waals surface area contributed by atoms with Gasteiger partial charge in [-0.2, -0.15) is 0 Å². The topological polar surface area (TPSA) is 66.9 Å². The van der Waals surface area contributed by atoms with E-state index in [1.807, 2.05) is 37.3 Å². The summed E-state index contributed by atoms with van der Waals surface area (Å²) in [5.74, 6) is -0.0775. The number of halogens is 1. The second-order valence-corrected chi connectivity index (χ2v) is 7.18. The van der Waals surface area contributed by atoms with Gasteiger partial charge in [0.1, 0.15) is 5.82 Å². The molecule has 0 saturated carbocycles. The summed E-state index contributed by atoms with van der Waals surface area (Å²) in [6.45, 7) is 2.37. The first-order valence-corrected chi connectivity index (χ1v) is 9.86. The lowest BCUT2D eigenvalue weighted by Gasteiger charge is -2.09. The van der Waals surface area contributed by atoms with Crippen LogP contribution in [0.5, 0.6) is 0 Å². The first kappa shape index (κ1) is 20.2. The number of nitrogens with zero attached hydrogens (tertiary/aromatic N) is 2. The summed E-state index contributed by atoms with van der Waals surface area (Å²) in [5, 5.41) is 5.96. The van der Waals surface area contributed by atoms with Gasteiger partial charge in [-0.1, -0.05) is 48.0 Å². The predicted molar refractivity (Wildman–Crippen MR) is 119 cm³/mol. The SMILES string of the molecule is Cc1ccc(-c2cnc(Nc3cccc(C(=O)NCc4ccc(F)cc4)c3)nc2)cc1. The molecule has 0 saturated heterocycles. The van der Waals surface area contributed by atoms with Crippen molar-refractivity contribution in [3.8, 4) is 11.1 Å². The molecular formula is C25H21FN4O. The molecule has 1 aromatic heterocycles. The summed E-state index contributed by atoms with van der Waals surface area (Å²) in [5.41, 5.74) is 5.22. The maximum absolute atomic E-state index is 13.0. The van der Waals surface area contributed by atoms with Gasteiger partial charge in [0.15, 0.2) is 0 Å². The van der Waals surface area contributed by atoms with Gasteiger partial charge < -0.3 is 10.6 Å². The summed E-state index contributed by atoms with van der Waals surface area (Å²) in [7, 11) is 0. The summed E-state index contributed by atoms with van der Waals surface area (Å²) in [6.07, 6.45) is 3.53. The second-order valence-electron chi connectivity index (χ2n) is 7.18. The number of hydrogen-bond donors (Lipinski definition) is 2. The Morgan fingerprint density at radius 1 is 0.903 bits per heavy atom. The van der Waals surface area contributed by atoms with Gasteiger partial charge >= 0.3 is 0 Å². The van der Waals surface area contributed by atoms with Crippen LogP contribution in [0.4, 0.5) is 16.0 Å². The van der Waals surface area contributed by atoms with Crippen LogP contribution in [0.1, 0.15) is 21.5 Å². The van der Waals surface area contributed by atoms with Crippen LogP contribution < -0.4 is 10.6 Å². The Bertz CT molecular complexity index is 1170. The number of hydrogen-bond acceptors (Lipinski definition) is 4. The fourth-order valence-electron chi connectivity index (χ4n) is 3.04. The van der Waals surface area contributed by atoms with E-state index in [0.717, 1.165) is 16.7 Å². The molecule has 0 radical (unpaired) electrons. The molecule has 0 atom stereocenters. The molecule has 0 bridgehead atoms. The zero-order valence-electron chi connectivity index (χ0n) is 17.0. The molecule has 0 aliphatic carbocycles. The molecule has 5 nitrogen and oxygen atoms in total. The van der Waals surface area contributed by atoms with Crippen LogP contribution in [0.15, 0.2) is 85.2 Å². The van der Waals surface area contributed by atoms with Crippen LogP contribution in [-0.2, 0) is 6.54 Å². The number of rotatable bonds is 6. The average molecular weight is 412 g/mol. The molecule has 1 amide bonds. The fraction of sp³-hybridized carbons (Fsp3) is 0.0800. The molecular weight excluding hydrogens is 391 g/mol. The van der Waals surface area contributed by atoms with Crippen LogP contribution in [0.25, 0.3) is 11.1 Å². The van der Waals surface area contributed by atoms with E-state index in [9.17, 15) is 9.18 Å². The Kier molecular flexibility index (Phi) is 5.98. The van der Waals surface area contributed by atoms with Gasteiger partial charge in [0, 0.05) is 35.8 Å². The molecule has 31 heavy (non-hydrogen) atoms. The minimum Gasteiger partial charge on any atom is -0.348 e. The summed E-state index contributed by atoms with van der Waals surface area (Å²) < 4.78 is 13.0. The van der Waals surface area contributed by atoms with Crippen LogP contribution >= 0.6 is 0 Å². The first-order chi connectivity index (χ1) is 15.1. The highest BCUT2D eigenvalue weighted by molar-refractivity contribution is 5.95. The van der Waals surface area contributed by atoms with E-state index < -0.39 is 0 Å². The van der Waals surface area contributed by atoms with Crippen molar-refractivity contribution in [3.05, 3.63) is 108 Å². The lowest BCUT2D eigenvalue weighted by molar-refractivity contribution is 0.0951. The summed E-state index contributed by atoms with van der Waals surface area (Å²) in [6, 6.07) is 21.3. The van der Waals surface area contributed by atoms with Crippen molar-refractivity contribution < 1.29 is 9.18 Å². The zero-order chi connectivity index (χ0) is 21.6. The second kappa shape index (κ2) is 9.17. The molecule has 4 aromatic rings. The molecule has 4 rings (SSSR count). The molecule has 1 heterocycles. The molecule has 3 aromatic carbocycles. The fourth-order valence-corrected chi connectivity index (χ4v) is 3.04. The highest BCUT2D eigenvalue weighted by Crippen LogP contribution is 2.20. The zero-order valence-corrected chi connectivity index (χ0v) is 17.0. The van der Waals surface area contributed by atoms with E-state index in [1.54, 1.807) is 42.7 Å². The van der Waals surface area contributed by atoms with Crippen LogP contribution in [-0.4, -0.2) is 15.9 Å². The van der Waals surface area contributed by atoms with Crippen LogP contribution in [0.2, 0.25) is 0 Å². The van der Waals surface area contributed by atoms with Crippen molar-refractivity contribution in [1.29, 1.82) is 0 Å². The first-order valence-electron chi connectivity index (χ1n) is 9.86. The Morgan fingerprint density at radius 2 is 1.61 bits per heavy atom. The Labute approximate surface area is 180 Å². The number of carbonyl (C=O) groups is 1. The lowest BCUT2D eigenvalue weighted by atomic mass is 10.1. The standard InChI is InChI=1S/C25H21FN4O/c1-17-5-9-19(10-6-17)21-15-28-25(29-16-21)30-23-4-2-3-20(13-23)24(31)27-14-18-7-11-22(26)12-8-18/h2-13,15-16H,14H2,1H3,(H,27,31)(H,28,29,30). The molecule has 154 valence electrons. The number of aromatic nitrogens is 2. The molecule has 0 fully saturated rings. The average Bonchev–Trinajstić information content (AvgIpc) is 2.80. The number of benzene rings is 3. The van der Waals surface area contributed by atoms with Gasteiger partial charge in [-0.25, -0.2) is 14.4 Å². The predicted octanol–water partition coefficient (Wildman–Crippen LogP) is 5.26. The van der Waals surface area contributed by atoms with Gasteiger partial charge in [-0.3, -0.25) is 4.79 Å². The van der Waals surface area contributed by atoms with Crippen LogP contribution in [0.3, 0.4) is 0 Å². The molecule has 0 aliphatic rings. The molecule has 6 heteroatoms. The minimum atomic E-state index is -0.303. The van der Waals surface area contributed by atoms with E-state index in [2.05, 4.69) is 20.6 Å². The lowest BCUT2D eigenvalue weighted by Crippen LogP contribution is -2.22. The van der Waals surface area contributed by atoms with Gasteiger partial charge in [0.05, 0.1) is 0 Å². The van der Waals surface area contributed by atoms with Gasteiger partial charge in [0.25, 0.3) is 5.91 Å². The maximum atomic E-state index is 13.0. The van der Waals surface area contributed by atoms with E-state index in [0.29, 0.717) is 23.7 Å². The van der Waals surface area contributed by atoms with Crippen molar-refractivity contribution in [2.75, 3.05) is 5.32 Å². The van der Waals surface area contributed by atoms with E-state index >= 15 is 0 Å². The normalized spacial score (nSPS) is 10.5. The quantitative estimate of drug-likeness (QED) is 0.453. The number of carbonyl (C=O) groups excluding carboxylic acids is 1. The van der Waals surface area contributed by atoms with Crippen molar-refractivity contribution >= 4 is 17.5 Å². The molecule has 0 unspecified atom stereocenters. The van der Waals surface area contributed by atoms with E-state index in [-0.39, 0.29) is 11.7 Å². The molecule has 2 N–H and O–H groups in total. The smallest absolute Gasteiger partial charge is 0.251 e. The van der Waals surface area contributed by atoms with Gasteiger partial charge in [-0.15, -0.1) is 0 Å². The maximum Gasteiger partial charge on any atom is 0.251 e. The third kappa shape index (κ3) is 5.30. The van der Waals surface area contributed by atoms with Crippen molar-refractivity contribution in [1.82, 2.24) is 15.3 Å². The monoisotopic (exact) mass is 412 g/mol. The third-order valence-electron chi connectivity index (χ3n) is 4.78. The van der Waals surface area contributed by atoms with Crippen LogP contribution in [0, 0.1) is 12.7 Å².